The second-order valence-electron chi connectivity index (χ2n) is 7.59. The van der Waals surface area contributed by atoms with Gasteiger partial charge in [0, 0.05) is 11.4 Å². The first-order valence-electron chi connectivity index (χ1n) is 9.59. The molecule has 1 aliphatic rings. The molecule has 1 saturated heterocycles. The van der Waals surface area contributed by atoms with Crippen molar-refractivity contribution in [2.24, 2.45) is 5.92 Å². The quantitative estimate of drug-likeness (QED) is 0.802. The number of benzene rings is 1. The van der Waals surface area contributed by atoms with Crippen LogP contribution in [0.25, 0.3) is 0 Å². The summed E-state index contributed by atoms with van der Waals surface area (Å²) in [5.74, 6) is 1.39. The fraction of sp³-hybridized carbons (Fsp3) is 0.524. The first kappa shape index (κ1) is 19.8. The number of carbonyl (C=O) groups is 1. The van der Waals surface area contributed by atoms with E-state index < -0.39 is 0 Å². The van der Waals surface area contributed by atoms with Crippen LogP contribution in [0.3, 0.4) is 0 Å². The summed E-state index contributed by atoms with van der Waals surface area (Å²) in [6, 6.07) is 5.94. The van der Waals surface area contributed by atoms with E-state index in [-0.39, 0.29) is 12.5 Å². The molecule has 0 aliphatic carbocycles. The van der Waals surface area contributed by atoms with E-state index in [0.717, 1.165) is 42.6 Å². The van der Waals surface area contributed by atoms with Crippen LogP contribution in [-0.2, 0) is 11.3 Å². The number of piperidine rings is 1. The summed E-state index contributed by atoms with van der Waals surface area (Å²) in [4.78, 5) is 20.5. The van der Waals surface area contributed by atoms with Crippen molar-refractivity contribution in [1.29, 1.82) is 0 Å². The molecule has 1 aromatic heterocycles. The summed E-state index contributed by atoms with van der Waals surface area (Å²) in [7, 11) is 0. The molecule has 1 fully saturated rings. The lowest BCUT2D eigenvalue weighted by Crippen LogP contribution is -2.32. The molecule has 0 atom stereocenters. The molecule has 1 aromatic carbocycles. The lowest BCUT2D eigenvalue weighted by Gasteiger charge is -2.29. The normalized spacial score (nSPS) is 15.7. The number of hydrogen-bond acceptors (Lipinski definition) is 5. The summed E-state index contributed by atoms with van der Waals surface area (Å²) < 4.78 is 5.65. The molecule has 3 rings (SSSR count). The number of likely N-dealkylation sites (tertiary alicyclic amines) is 1. The fourth-order valence-electron chi connectivity index (χ4n) is 3.31. The number of aromatic nitrogens is 1. The predicted octanol–water partition coefficient (Wildman–Crippen LogP) is 4.32. The third kappa shape index (κ3) is 5.53. The fourth-order valence-corrected chi connectivity index (χ4v) is 4.33. The van der Waals surface area contributed by atoms with Crippen LogP contribution >= 0.6 is 11.3 Å². The largest absolute Gasteiger partial charge is 0.483 e. The van der Waals surface area contributed by atoms with Gasteiger partial charge in [-0.05, 0) is 64.3 Å². The third-order valence-electron chi connectivity index (χ3n) is 5.07. The van der Waals surface area contributed by atoms with Gasteiger partial charge in [-0.2, -0.15) is 0 Å². The van der Waals surface area contributed by atoms with Crippen LogP contribution < -0.4 is 10.1 Å². The number of ether oxygens (including phenoxy) is 1. The van der Waals surface area contributed by atoms with Crippen molar-refractivity contribution in [2.75, 3.05) is 25.0 Å². The van der Waals surface area contributed by atoms with Gasteiger partial charge in [0.2, 0.25) is 0 Å². The molecule has 2 aromatic rings. The van der Waals surface area contributed by atoms with Crippen molar-refractivity contribution >= 4 is 22.4 Å². The molecule has 1 amide bonds. The Morgan fingerprint density at radius 2 is 2.04 bits per heavy atom. The second-order valence-corrected chi connectivity index (χ2v) is 8.68. The molecular formula is C21H29N3O2S. The van der Waals surface area contributed by atoms with Crippen LogP contribution in [0.1, 0.15) is 41.5 Å². The minimum Gasteiger partial charge on any atom is -0.483 e. The van der Waals surface area contributed by atoms with Crippen molar-refractivity contribution in [3.63, 3.8) is 0 Å². The van der Waals surface area contributed by atoms with Gasteiger partial charge in [0.05, 0.1) is 5.69 Å². The Hall–Kier alpha value is -1.92. The summed E-state index contributed by atoms with van der Waals surface area (Å²) in [5, 5.41) is 3.53. The molecule has 146 valence electrons. The van der Waals surface area contributed by atoms with Crippen LogP contribution in [0, 0.1) is 26.7 Å². The van der Waals surface area contributed by atoms with Gasteiger partial charge >= 0.3 is 0 Å². The third-order valence-corrected chi connectivity index (χ3v) is 6.13. The number of amides is 1. The van der Waals surface area contributed by atoms with Crippen LogP contribution in [0.5, 0.6) is 5.75 Å². The smallest absolute Gasteiger partial charge is 0.264 e. The van der Waals surface area contributed by atoms with Gasteiger partial charge in [-0.3, -0.25) is 15.0 Å². The van der Waals surface area contributed by atoms with E-state index in [1.165, 1.54) is 23.3 Å². The minimum atomic E-state index is -0.179. The molecule has 1 N–H and O–H groups in total. The van der Waals surface area contributed by atoms with Gasteiger partial charge in [-0.1, -0.05) is 24.6 Å². The van der Waals surface area contributed by atoms with Gasteiger partial charge in [0.1, 0.15) is 5.75 Å². The molecular weight excluding hydrogens is 358 g/mol. The first-order chi connectivity index (χ1) is 12.9. The lowest BCUT2D eigenvalue weighted by molar-refractivity contribution is -0.118. The zero-order valence-electron chi connectivity index (χ0n) is 16.7. The van der Waals surface area contributed by atoms with E-state index in [1.807, 2.05) is 39.0 Å². The first-order valence-corrected chi connectivity index (χ1v) is 10.4. The van der Waals surface area contributed by atoms with Crippen LogP contribution in [0.2, 0.25) is 0 Å². The molecule has 1 aliphatic heterocycles. The summed E-state index contributed by atoms with van der Waals surface area (Å²) in [6.45, 7) is 11.6. The molecule has 6 heteroatoms. The number of rotatable bonds is 6. The number of aryl methyl sites for hydroxylation is 3. The number of nitrogens with one attached hydrogen (secondary N) is 1. The van der Waals surface area contributed by atoms with E-state index in [1.54, 1.807) is 11.3 Å². The Balaban J connectivity index is 1.52. The van der Waals surface area contributed by atoms with Gasteiger partial charge in [0.25, 0.3) is 5.91 Å². The van der Waals surface area contributed by atoms with Crippen molar-refractivity contribution in [1.82, 2.24) is 9.88 Å². The van der Waals surface area contributed by atoms with Crippen LogP contribution in [0.4, 0.5) is 5.13 Å². The number of anilines is 1. The zero-order chi connectivity index (χ0) is 19.4. The van der Waals surface area contributed by atoms with E-state index in [0.29, 0.717) is 5.13 Å². The molecule has 0 radical (unpaired) electrons. The van der Waals surface area contributed by atoms with Crippen molar-refractivity contribution in [3.8, 4) is 5.75 Å². The van der Waals surface area contributed by atoms with E-state index in [4.69, 9.17) is 4.74 Å². The maximum absolute atomic E-state index is 12.2. The van der Waals surface area contributed by atoms with Gasteiger partial charge in [0.15, 0.2) is 11.7 Å². The van der Waals surface area contributed by atoms with E-state index >= 15 is 0 Å². The minimum absolute atomic E-state index is 0.0120. The summed E-state index contributed by atoms with van der Waals surface area (Å²) in [6.07, 6.45) is 2.52. The van der Waals surface area contributed by atoms with Gasteiger partial charge in [-0.15, -0.1) is 11.3 Å². The molecule has 0 unspecified atom stereocenters. The summed E-state index contributed by atoms with van der Waals surface area (Å²) >= 11 is 1.57. The Kier molecular flexibility index (Phi) is 6.50. The van der Waals surface area contributed by atoms with Gasteiger partial charge < -0.3 is 4.74 Å². The highest BCUT2D eigenvalue weighted by Gasteiger charge is 2.18. The molecule has 5 nitrogen and oxygen atoms in total. The van der Waals surface area contributed by atoms with E-state index in [9.17, 15) is 4.79 Å². The summed E-state index contributed by atoms with van der Waals surface area (Å²) in [5.41, 5.74) is 3.22. The van der Waals surface area contributed by atoms with Gasteiger partial charge in [-0.25, -0.2) is 4.98 Å². The highest BCUT2D eigenvalue weighted by Crippen LogP contribution is 2.26. The number of nitrogens with zero attached hydrogens (tertiary/aromatic N) is 2. The number of hydrogen-bond donors (Lipinski definition) is 1. The zero-order valence-corrected chi connectivity index (χ0v) is 17.5. The second kappa shape index (κ2) is 8.85. The SMILES string of the molecule is Cc1ccc(OCC(=O)Nc2nc(C)c(CN3CCC(C)CC3)s2)c(C)c1. The standard InChI is InChI=1S/C21H29N3O2S/c1-14-7-9-24(10-8-14)12-19-17(4)22-21(27-19)23-20(25)13-26-18-6-5-15(2)11-16(18)3/h5-6,11,14H,7-10,12-13H2,1-4H3,(H,22,23,25). The topological polar surface area (TPSA) is 54.5 Å². The van der Waals surface area contributed by atoms with Crippen LogP contribution in [-0.4, -0.2) is 35.5 Å². The maximum atomic E-state index is 12.2. The molecule has 27 heavy (non-hydrogen) atoms. The molecule has 0 bridgehead atoms. The van der Waals surface area contributed by atoms with Crippen molar-refractivity contribution in [3.05, 3.63) is 39.9 Å². The van der Waals surface area contributed by atoms with E-state index in [2.05, 4.69) is 22.1 Å². The Bertz CT molecular complexity index is 795. The predicted molar refractivity (Wildman–Crippen MR) is 111 cm³/mol. The Morgan fingerprint density at radius 3 is 2.74 bits per heavy atom. The average Bonchev–Trinajstić information content (AvgIpc) is 2.95. The number of thiazole rings is 1. The monoisotopic (exact) mass is 387 g/mol. The lowest BCUT2D eigenvalue weighted by atomic mass is 9.99. The highest BCUT2D eigenvalue weighted by atomic mass is 32.1. The van der Waals surface area contributed by atoms with Crippen molar-refractivity contribution < 1.29 is 9.53 Å². The number of carbonyl (C=O) groups excluding carboxylic acids is 1. The average molecular weight is 388 g/mol. The molecule has 0 spiro atoms. The van der Waals surface area contributed by atoms with Crippen molar-refractivity contribution in [2.45, 2.75) is 47.1 Å². The van der Waals surface area contributed by atoms with Crippen LogP contribution in [0.15, 0.2) is 18.2 Å². The molecule has 2 heterocycles. The maximum Gasteiger partial charge on any atom is 0.264 e. The molecule has 0 saturated carbocycles. The Morgan fingerprint density at radius 1 is 1.30 bits per heavy atom. The Labute approximate surface area is 165 Å². The highest BCUT2D eigenvalue weighted by molar-refractivity contribution is 7.15.